The lowest BCUT2D eigenvalue weighted by atomic mass is 10.1. The first-order valence-corrected chi connectivity index (χ1v) is 12.3. The van der Waals surface area contributed by atoms with Gasteiger partial charge in [0.25, 0.3) is 5.91 Å². The van der Waals surface area contributed by atoms with Crippen molar-refractivity contribution in [2.75, 3.05) is 63.8 Å². The quantitative estimate of drug-likeness (QED) is 0.597. The first-order chi connectivity index (χ1) is 16.4. The number of amides is 1. The van der Waals surface area contributed by atoms with Crippen LogP contribution in [-0.4, -0.2) is 95.2 Å². The van der Waals surface area contributed by atoms with Crippen LogP contribution in [0.4, 0.5) is 5.69 Å². The molecule has 0 aliphatic carbocycles. The number of anilines is 1. The molecule has 1 amide bonds. The highest BCUT2D eigenvalue weighted by molar-refractivity contribution is 5.92. The number of carbonyl (C=O) groups excluding carboxylic acids is 1. The molecule has 2 fully saturated rings. The molecule has 1 aromatic carbocycles. The Labute approximate surface area is 202 Å². The summed E-state index contributed by atoms with van der Waals surface area (Å²) in [6.07, 6.45) is 4.09. The average molecular weight is 468 g/mol. The van der Waals surface area contributed by atoms with Gasteiger partial charge in [-0.2, -0.15) is 0 Å². The van der Waals surface area contributed by atoms with Crippen LogP contribution in [0.3, 0.4) is 0 Å². The van der Waals surface area contributed by atoms with E-state index in [9.17, 15) is 9.90 Å². The van der Waals surface area contributed by atoms with Crippen molar-refractivity contribution in [3.8, 4) is 0 Å². The molecule has 184 valence electrons. The molecule has 0 radical (unpaired) electrons. The average Bonchev–Trinajstić information content (AvgIpc) is 3.33. The first kappa shape index (κ1) is 24.4. The van der Waals surface area contributed by atoms with Gasteiger partial charge in [0.05, 0.1) is 12.1 Å². The molecule has 2 aliphatic rings. The lowest BCUT2D eigenvalue weighted by Gasteiger charge is -2.37. The van der Waals surface area contributed by atoms with Gasteiger partial charge >= 0.3 is 0 Å². The Morgan fingerprint density at radius 1 is 1.12 bits per heavy atom. The topological polar surface area (TPSA) is 76.3 Å². The lowest BCUT2D eigenvalue weighted by molar-refractivity contribution is 0.0348. The Morgan fingerprint density at radius 2 is 1.79 bits per heavy atom. The number of β-amino-alcohol motifs (C(OH)–C–C–N with tert-alkyl or cyclic N) is 1. The number of rotatable bonds is 8. The molecule has 0 saturated carbocycles. The first-order valence-electron chi connectivity index (χ1n) is 12.3. The van der Waals surface area contributed by atoms with Gasteiger partial charge in [0.15, 0.2) is 5.69 Å². The Bertz CT molecular complexity index is 972. The van der Waals surface area contributed by atoms with Crippen molar-refractivity contribution in [3.05, 3.63) is 60.3 Å². The van der Waals surface area contributed by atoms with Gasteiger partial charge < -0.3 is 19.3 Å². The summed E-state index contributed by atoms with van der Waals surface area (Å²) in [6.45, 7) is 15.3. The molecule has 0 spiro atoms. The maximum absolute atomic E-state index is 13.0. The summed E-state index contributed by atoms with van der Waals surface area (Å²) < 4.78 is 5.65. The second-order valence-corrected chi connectivity index (χ2v) is 9.50. The second-order valence-electron chi connectivity index (χ2n) is 9.50. The van der Waals surface area contributed by atoms with Gasteiger partial charge in [0, 0.05) is 64.6 Å². The Hall–Kier alpha value is -2.68. The van der Waals surface area contributed by atoms with E-state index in [1.807, 2.05) is 4.90 Å². The monoisotopic (exact) mass is 467 g/mol. The van der Waals surface area contributed by atoms with Gasteiger partial charge in [0.2, 0.25) is 5.89 Å². The smallest absolute Gasteiger partial charge is 0.275 e. The van der Waals surface area contributed by atoms with Crippen LogP contribution in [0.1, 0.15) is 35.8 Å². The highest BCUT2D eigenvalue weighted by atomic mass is 16.3. The predicted octanol–water partition coefficient (Wildman–Crippen LogP) is 2.25. The summed E-state index contributed by atoms with van der Waals surface area (Å²) in [4.78, 5) is 26.2. The summed E-state index contributed by atoms with van der Waals surface area (Å²) in [5.41, 5.74) is 2.13. The number of nitrogens with zero attached hydrogens (tertiary/aromatic N) is 5. The largest absolute Gasteiger partial charge is 0.447 e. The van der Waals surface area contributed by atoms with Crippen LogP contribution >= 0.6 is 0 Å². The van der Waals surface area contributed by atoms with Crippen LogP contribution in [0.15, 0.2) is 47.6 Å². The summed E-state index contributed by atoms with van der Waals surface area (Å²) in [5, 5.41) is 10.2. The van der Waals surface area contributed by atoms with Crippen molar-refractivity contribution < 1.29 is 14.3 Å². The predicted molar refractivity (Wildman–Crippen MR) is 133 cm³/mol. The van der Waals surface area contributed by atoms with Crippen molar-refractivity contribution in [1.82, 2.24) is 19.7 Å². The van der Waals surface area contributed by atoms with Gasteiger partial charge in [0.1, 0.15) is 6.26 Å². The molecule has 34 heavy (non-hydrogen) atoms. The summed E-state index contributed by atoms with van der Waals surface area (Å²) in [5.74, 6) is 0.514. The van der Waals surface area contributed by atoms with Crippen molar-refractivity contribution >= 4 is 11.6 Å². The highest BCUT2D eigenvalue weighted by Crippen LogP contribution is 2.23. The zero-order chi connectivity index (χ0) is 24.1. The number of piperazine rings is 2. The third-order valence-electron chi connectivity index (χ3n) is 6.86. The third-order valence-corrected chi connectivity index (χ3v) is 6.86. The zero-order valence-electron chi connectivity index (χ0n) is 20.4. The van der Waals surface area contributed by atoms with Crippen LogP contribution in [-0.2, 0) is 13.0 Å². The molecule has 0 unspecified atom stereocenters. The van der Waals surface area contributed by atoms with Crippen LogP contribution < -0.4 is 4.90 Å². The van der Waals surface area contributed by atoms with Crippen LogP contribution in [0.5, 0.6) is 0 Å². The summed E-state index contributed by atoms with van der Waals surface area (Å²) in [7, 11) is 0. The maximum Gasteiger partial charge on any atom is 0.275 e. The number of carbonyl (C=O) groups is 1. The molecule has 4 rings (SSSR count). The lowest BCUT2D eigenvalue weighted by Crippen LogP contribution is -2.50. The van der Waals surface area contributed by atoms with Gasteiger partial charge in [-0.15, -0.1) is 6.58 Å². The number of hydrogen-bond acceptors (Lipinski definition) is 7. The second kappa shape index (κ2) is 10.7. The number of benzene rings is 1. The van der Waals surface area contributed by atoms with Gasteiger partial charge in [-0.1, -0.05) is 31.2 Å². The minimum absolute atomic E-state index is 0.0603. The van der Waals surface area contributed by atoms with E-state index < -0.39 is 5.60 Å². The molecule has 8 nitrogen and oxygen atoms in total. The molecular formula is C26H37N5O3. The molecule has 1 N–H and O–H groups in total. The third kappa shape index (κ3) is 5.87. The van der Waals surface area contributed by atoms with E-state index >= 15 is 0 Å². The molecule has 0 bridgehead atoms. The van der Waals surface area contributed by atoms with Crippen molar-refractivity contribution in [1.29, 1.82) is 0 Å². The van der Waals surface area contributed by atoms with E-state index in [1.165, 1.54) is 17.5 Å². The molecular weight excluding hydrogens is 430 g/mol. The van der Waals surface area contributed by atoms with Crippen molar-refractivity contribution in [2.24, 2.45) is 0 Å². The summed E-state index contributed by atoms with van der Waals surface area (Å²) in [6, 6.07) is 8.50. The van der Waals surface area contributed by atoms with Gasteiger partial charge in [-0.3, -0.25) is 14.6 Å². The Balaban J connectivity index is 1.26. The molecule has 2 aliphatic heterocycles. The maximum atomic E-state index is 13.0. The summed E-state index contributed by atoms with van der Waals surface area (Å²) >= 11 is 0. The normalized spacial score (nSPS) is 19.7. The van der Waals surface area contributed by atoms with Gasteiger partial charge in [-0.05, 0) is 25.0 Å². The van der Waals surface area contributed by atoms with Crippen molar-refractivity contribution in [2.45, 2.75) is 32.4 Å². The SMILES string of the molecule is C=C[C@](C)(O)CN1CCN(Cc2nc(C(=O)N3CCN(c4ccccc4CC)CC3)co2)CC1. The zero-order valence-corrected chi connectivity index (χ0v) is 20.4. The standard InChI is InChI=1S/C26H37N5O3/c1-4-21-8-6-7-9-23(21)30-14-16-31(17-15-30)25(32)22-19-34-24(27-22)18-28-10-12-29(13-11-28)20-26(3,33)5-2/h5-9,19,33H,2,4,10-18,20H2,1,3H3/t26-/m0/s1. The number of oxazole rings is 1. The van der Waals surface area contributed by atoms with E-state index in [2.05, 4.69) is 57.5 Å². The number of aryl methyl sites for hydroxylation is 1. The molecule has 8 heteroatoms. The fourth-order valence-corrected chi connectivity index (χ4v) is 4.73. The molecule has 2 saturated heterocycles. The fraction of sp³-hybridized carbons (Fsp3) is 0.538. The van der Waals surface area contributed by atoms with Crippen LogP contribution in [0.2, 0.25) is 0 Å². The van der Waals surface area contributed by atoms with E-state index in [0.29, 0.717) is 37.8 Å². The fourth-order valence-electron chi connectivity index (χ4n) is 4.73. The molecule has 1 aromatic heterocycles. The number of hydrogen-bond donors (Lipinski definition) is 1. The number of aromatic nitrogens is 1. The van der Waals surface area contributed by atoms with Gasteiger partial charge in [-0.25, -0.2) is 4.98 Å². The number of para-hydroxylation sites is 1. The molecule has 2 aromatic rings. The van der Waals surface area contributed by atoms with E-state index in [0.717, 1.165) is 45.7 Å². The molecule has 3 heterocycles. The number of aliphatic hydroxyl groups is 1. The van der Waals surface area contributed by atoms with Crippen LogP contribution in [0, 0.1) is 0 Å². The minimum Gasteiger partial charge on any atom is -0.447 e. The van der Waals surface area contributed by atoms with Crippen LogP contribution in [0.25, 0.3) is 0 Å². The highest BCUT2D eigenvalue weighted by Gasteiger charge is 2.27. The van der Waals surface area contributed by atoms with E-state index in [4.69, 9.17) is 4.42 Å². The van der Waals surface area contributed by atoms with E-state index in [-0.39, 0.29) is 5.91 Å². The Kier molecular flexibility index (Phi) is 7.70. The van der Waals surface area contributed by atoms with E-state index in [1.54, 1.807) is 13.0 Å². The Morgan fingerprint density at radius 3 is 2.47 bits per heavy atom. The molecule has 1 atom stereocenters. The minimum atomic E-state index is -0.870. The van der Waals surface area contributed by atoms with Crippen molar-refractivity contribution in [3.63, 3.8) is 0 Å².